The van der Waals surface area contributed by atoms with E-state index in [0.29, 0.717) is 24.3 Å². The van der Waals surface area contributed by atoms with Crippen LogP contribution >= 0.6 is 0 Å². The number of carbonyl (C=O) groups excluding carboxylic acids is 1. The fraction of sp³-hybridized carbons (Fsp3) is 0.250. The number of nitrogen functional groups attached to an aromatic ring is 2. The molecule has 0 heterocycles. The van der Waals surface area contributed by atoms with Gasteiger partial charge in [0.1, 0.15) is 0 Å². The van der Waals surface area contributed by atoms with Crippen molar-refractivity contribution in [2.24, 2.45) is 0 Å². The van der Waals surface area contributed by atoms with Gasteiger partial charge in [-0.05, 0) is 18.2 Å². The van der Waals surface area contributed by atoms with Gasteiger partial charge in [-0.3, -0.25) is 4.79 Å². The van der Waals surface area contributed by atoms with E-state index in [4.69, 9.17) is 11.5 Å². The Kier molecular flexibility index (Phi) is 4.22. The van der Waals surface area contributed by atoms with Crippen LogP contribution in [-0.2, 0) is 4.79 Å². The second-order valence-corrected chi connectivity index (χ2v) is 3.38. The minimum Gasteiger partial charge on any atom is -0.397 e. The topological polar surface area (TPSA) is 81.1 Å². The monoisotopic (exact) mass is 217 g/mol. The normalized spacial score (nSPS) is 9.06. The van der Waals surface area contributed by atoms with Crippen molar-refractivity contribution in [1.29, 1.82) is 0 Å². The predicted molar refractivity (Wildman–Crippen MR) is 65.4 cm³/mol. The van der Waals surface area contributed by atoms with Crippen molar-refractivity contribution in [2.45, 2.75) is 13.3 Å². The molecule has 0 fully saturated rings. The van der Waals surface area contributed by atoms with E-state index in [0.717, 1.165) is 5.56 Å². The number of benzene rings is 1. The fourth-order valence-electron chi connectivity index (χ4n) is 1.12. The molecule has 0 radical (unpaired) electrons. The second-order valence-electron chi connectivity index (χ2n) is 3.38. The lowest BCUT2D eigenvalue weighted by atomic mass is 10.2. The van der Waals surface area contributed by atoms with Gasteiger partial charge in [-0.2, -0.15) is 0 Å². The molecule has 16 heavy (non-hydrogen) atoms. The van der Waals surface area contributed by atoms with Gasteiger partial charge in [-0.1, -0.05) is 11.8 Å². The van der Waals surface area contributed by atoms with Gasteiger partial charge in [-0.15, -0.1) is 0 Å². The molecule has 84 valence electrons. The molecule has 4 heteroatoms. The van der Waals surface area contributed by atoms with Crippen LogP contribution in [0.25, 0.3) is 0 Å². The van der Waals surface area contributed by atoms with Crippen LogP contribution in [0.15, 0.2) is 18.2 Å². The summed E-state index contributed by atoms with van der Waals surface area (Å²) in [5.41, 5.74) is 13.1. The zero-order valence-corrected chi connectivity index (χ0v) is 9.21. The first-order valence-electron chi connectivity index (χ1n) is 4.98. The largest absolute Gasteiger partial charge is 0.397 e. The smallest absolute Gasteiger partial charge is 0.216 e. The van der Waals surface area contributed by atoms with Gasteiger partial charge in [0, 0.05) is 25.5 Å². The quantitative estimate of drug-likeness (QED) is 0.388. The van der Waals surface area contributed by atoms with E-state index in [1.807, 2.05) is 6.07 Å². The Bertz CT molecular complexity index is 443. The molecule has 0 aliphatic carbocycles. The van der Waals surface area contributed by atoms with Gasteiger partial charge < -0.3 is 16.8 Å². The number of hydrogen-bond donors (Lipinski definition) is 3. The average molecular weight is 217 g/mol. The minimum atomic E-state index is -0.0430. The number of amides is 1. The number of nitrogens with one attached hydrogen (secondary N) is 1. The third-order valence-corrected chi connectivity index (χ3v) is 1.94. The van der Waals surface area contributed by atoms with Crippen LogP contribution in [0.3, 0.4) is 0 Å². The number of carbonyl (C=O) groups is 1. The van der Waals surface area contributed by atoms with Crippen molar-refractivity contribution in [3.05, 3.63) is 23.8 Å². The summed E-state index contributed by atoms with van der Waals surface area (Å²) >= 11 is 0. The third kappa shape index (κ3) is 3.93. The van der Waals surface area contributed by atoms with E-state index >= 15 is 0 Å². The molecule has 5 N–H and O–H groups in total. The van der Waals surface area contributed by atoms with Gasteiger partial charge in [0.2, 0.25) is 5.91 Å². The molecule has 0 bridgehead atoms. The van der Waals surface area contributed by atoms with Crippen LogP contribution in [0.4, 0.5) is 11.4 Å². The Hall–Kier alpha value is -2.15. The van der Waals surface area contributed by atoms with Gasteiger partial charge in [-0.25, -0.2) is 0 Å². The summed E-state index contributed by atoms with van der Waals surface area (Å²) in [7, 11) is 0. The van der Waals surface area contributed by atoms with Crippen molar-refractivity contribution >= 4 is 17.3 Å². The summed E-state index contributed by atoms with van der Waals surface area (Å²) in [5.74, 6) is 5.85. The van der Waals surface area contributed by atoms with E-state index in [9.17, 15) is 4.79 Å². The number of anilines is 2. The standard InChI is InChI=1S/C12H15N3O/c1-9(16)15-7-3-2-4-10-5-6-11(13)12(14)8-10/h5-6,8H,3,7,13-14H2,1H3,(H,15,16). The van der Waals surface area contributed by atoms with E-state index < -0.39 is 0 Å². The fourth-order valence-corrected chi connectivity index (χ4v) is 1.12. The summed E-state index contributed by atoms with van der Waals surface area (Å²) in [6.45, 7) is 2.04. The summed E-state index contributed by atoms with van der Waals surface area (Å²) in [6.07, 6.45) is 0.615. The van der Waals surface area contributed by atoms with Crippen LogP contribution in [0.5, 0.6) is 0 Å². The molecule has 0 unspecified atom stereocenters. The summed E-state index contributed by atoms with van der Waals surface area (Å²) in [5, 5.41) is 2.67. The summed E-state index contributed by atoms with van der Waals surface area (Å²) in [4.78, 5) is 10.6. The molecular weight excluding hydrogens is 202 g/mol. The lowest BCUT2D eigenvalue weighted by molar-refractivity contribution is -0.118. The van der Waals surface area contributed by atoms with Crippen LogP contribution in [0, 0.1) is 11.8 Å². The van der Waals surface area contributed by atoms with Gasteiger partial charge >= 0.3 is 0 Å². The number of nitrogens with two attached hydrogens (primary N) is 2. The zero-order valence-electron chi connectivity index (χ0n) is 9.21. The Balaban J connectivity index is 2.50. The third-order valence-electron chi connectivity index (χ3n) is 1.94. The Morgan fingerprint density at radius 2 is 2.12 bits per heavy atom. The highest BCUT2D eigenvalue weighted by Gasteiger charge is 1.93. The molecule has 1 rings (SSSR count). The van der Waals surface area contributed by atoms with E-state index in [1.54, 1.807) is 12.1 Å². The average Bonchev–Trinajstić information content (AvgIpc) is 2.22. The van der Waals surface area contributed by atoms with Crippen LogP contribution in [0.2, 0.25) is 0 Å². The van der Waals surface area contributed by atoms with Crippen LogP contribution < -0.4 is 16.8 Å². The lowest BCUT2D eigenvalue weighted by Gasteiger charge is -1.99. The summed E-state index contributed by atoms with van der Waals surface area (Å²) < 4.78 is 0. The molecule has 0 saturated carbocycles. The molecular formula is C12H15N3O. The maximum absolute atomic E-state index is 10.6. The Labute approximate surface area is 95.0 Å². The van der Waals surface area contributed by atoms with Crippen LogP contribution in [-0.4, -0.2) is 12.5 Å². The van der Waals surface area contributed by atoms with Crippen molar-refractivity contribution in [3.8, 4) is 11.8 Å². The van der Waals surface area contributed by atoms with Gasteiger partial charge in [0.25, 0.3) is 0 Å². The van der Waals surface area contributed by atoms with E-state index in [1.165, 1.54) is 6.92 Å². The zero-order chi connectivity index (χ0) is 12.0. The Morgan fingerprint density at radius 1 is 1.38 bits per heavy atom. The van der Waals surface area contributed by atoms with E-state index in [-0.39, 0.29) is 5.91 Å². The first-order valence-corrected chi connectivity index (χ1v) is 4.98. The molecule has 1 aromatic rings. The molecule has 0 spiro atoms. The Morgan fingerprint density at radius 3 is 2.75 bits per heavy atom. The molecule has 0 aliphatic rings. The minimum absolute atomic E-state index is 0.0430. The number of hydrogen-bond acceptors (Lipinski definition) is 3. The lowest BCUT2D eigenvalue weighted by Crippen LogP contribution is -2.20. The highest BCUT2D eigenvalue weighted by molar-refractivity contribution is 5.72. The van der Waals surface area contributed by atoms with Crippen molar-refractivity contribution in [2.75, 3.05) is 18.0 Å². The van der Waals surface area contributed by atoms with Crippen molar-refractivity contribution in [3.63, 3.8) is 0 Å². The first kappa shape index (κ1) is 11.9. The molecule has 0 aliphatic heterocycles. The maximum Gasteiger partial charge on any atom is 0.216 e. The predicted octanol–water partition coefficient (Wildman–Crippen LogP) is 0.729. The highest BCUT2D eigenvalue weighted by Crippen LogP contribution is 2.14. The summed E-state index contributed by atoms with van der Waals surface area (Å²) in [6, 6.07) is 5.28. The van der Waals surface area contributed by atoms with Crippen LogP contribution in [0.1, 0.15) is 18.9 Å². The van der Waals surface area contributed by atoms with Crippen molar-refractivity contribution < 1.29 is 4.79 Å². The molecule has 4 nitrogen and oxygen atoms in total. The number of rotatable bonds is 2. The highest BCUT2D eigenvalue weighted by atomic mass is 16.1. The molecule has 1 aromatic carbocycles. The molecule has 1 amide bonds. The second kappa shape index (κ2) is 5.66. The van der Waals surface area contributed by atoms with Gasteiger partial charge in [0.05, 0.1) is 11.4 Å². The maximum atomic E-state index is 10.6. The first-order chi connectivity index (χ1) is 7.59. The SMILES string of the molecule is CC(=O)NCCC#Cc1ccc(N)c(N)c1. The van der Waals surface area contributed by atoms with Gasteiger partial charge in [0.15, 0.2) is 0 Å². The molecule has 0 saturated heterocycles. The molecule has 0 aromatic heterocycles. The molecule has 0 atom stereocenters. The van der Waals surface area contributed by atoms with Crippen molar-refractivity contribution in [1.82, 2.24) is 5.32 Å². The van der Waals surface area contributed by atoms with E-state index in [2.05, 4.69) is 17.2 Å².